The molecule has 1 aromatic heterocycles. The second-order valence-corrected chi connectivity index (χ2v) is 7.74. The molecule has 0 spiro atoms. The molecule has 1 aliphatic carbocycles. The van der Waals surface area contributed by atoms with Crippen LogP contribution in [0.25, 0.3) is 0 Å². The Morgan fingerprint density at radius 2 is 2.08 bits per heavy atom. The first-order chi connectivity index (χ1) is 12.7. The maximum absolute atomic E-state index is 12.4. The summed E-state index contributed by atoms with van der Waals surface area (Å²) >= 11 is 1.64. The van der Waals surface area contributed by atoms with E-state index in [4.69, 9.17) is 0 Å². The number of carbonyl (C=O) groups excluding carboxylic acids is 1. The Bertz CT molecular complexity index is 887. The molecule has 0 bridgehead atoms. The monoisotopic (exact) mass is 362 g/mol. The highest BCUT2D eigenvalue weighted by atomic mass is 32.1. The molecule has 3 aromatic rings. The van der Waals surface area contributed by atoms with E-state index in [-0.39, 0.29) is 5.78 Å². The van der Waals surface area contributed by atoms with E-state index in [1.807, 2.05) is 36.7 Å². The molecule has 1 aliphatic rings. The van der Waals surface area contributed by atoms with Crippen molar-refractivity contribution >= 4 is 17.1 Å². The van der Waals surface area contributed by atoms with Crippen LogP contribution in [-0.4, -0.2) is 16.8 Å². The third-order valence-electron chi connectivity index (χ3n) is 4.93. The smallest absolute Gasteiger partial charge is 0.167 e. The average molecular weight is 362 g/mol. The minimum absolute atomic E-state index is 0.177. The molecule has 1 heterocycles. The molecule has 1 saturated carbocycles. The number of ketones is 1. The van der Waals surface area contributed by atoms with E-state index in [2.05, 4.69) is 39.9 Å². The van der Waals surface area contributed by atoms with Gasteiger partial charge in [-0.05, 0) is 30.5 Å². The minimum atomic E-state index is 0.177. The normalized spacial score (nSPS) is 18.7. The van der Waals surface area contributed by atoms with Crippen molar-refractivity contribution in [3.05, 3.63) is 87.4 Å². The molecule has 4 heteroatoms. The van der Waals surface area contributed by atoms with Crippen LogP contribution >= 0.6 is 11.3 Å². The molecule has 2 atom stereocenters. The van der Waals surface area contributed by atoms with Crippen molar-refractivity contribution < 1.29 is 4.79 Å². The Labute approximate surface area is 158 Å². The highest BCUT2D eigenvalue weighted by molar-refractivity contribution is 7.07. The van der Waals surface area contributed by atoms with Gasteiger partial charge >= 0.3 is 0 Å². The summed E-state index contributed by atoms with van der Waals surface area (Å²) in [6.45, 7) is 2.86. The van der Waals surface area contributed by atoms with Crippen LogP contribution < -0.4 is 5.32 Å². The SMILES string of the molecule is Cc1cccc(C(=O)Cc2ccc(C3CC3NCc3cscn3)cc2)c1. The zero-order chi connectivity index (χ0) is 17.9. The fourth-order valence-corrected chi connectivity index (χ4v) is 3.90. The standard InChI is InChI=1S/C22H22N2OS/c1-15-3-2-4-18(9-15)22(25)10-16-5-7-17(8-6-16)20-11-21(20)23-12-19-13-26-14-24-19/h2-9,13-14,20-21,23H,10-12H2,1H3. The molecule has 4 rings (SSSR count). The maximum Gasteiger partial charge on any atom is 0.167 e. The fourth-order valence-electron chi connectivity index (χ4n) is 3.34. The molecule has 3 nitrogen and oxygen atoms in total. The molecule has 0 aliphatic heterocycles. The van der Waals surface area contributed by atoms with Crippen LogP contribution in [0.1, 0.15) is 45.1 Å². The van der Waals surface area contributed by atoms with Crippen LogP contribution in [0.2, 0.25) is 0 Å². The summed E-state index contributed by atoms with van der Waals surface area (Å²) in [6, 6.07) is 16.9. The van der Waals surface area contributed by atoms with Crippen molar-refractivity contribution in [2.24, 2.45) is 0 Å². The number of nitrogens with zero attached hydrogens (tertiary/aromatic N) is 1. The first kappa shape index (κ1) is 17.1. The Balaban J connectivity index is 1.32. The molecule has 2 unspecified atom stereocenters. The number of rotatable bonds is 7. The van der Waals surface area contributed by atoms with E-state index in [1.165, 1.54) is 12.0 Å². The zero-order valence-corrected chi connectivity index (χ0v) is 15.6. The van der Waals surface area contributed by atoms with Gasteiger partial charge in [-0.25, -0.2) is 4.98 Å². The van der Waals surface area contributed by atoms with Crippen molar-refractivity contribution in [1.82, 2.24) is 10.3 Å². The van der Waals surface area contributed by atoms with Gasteiger partial charge in [-0.2, -0.15) is 0 Å². The Kier molecular flexibility index (Phi) is 4.96. The molecular formula is C22H22N2OS. The molecule has 0 radical (unpaired) electrons. The number of nitrogens with one attached hydrogen (secondary N) is 1. The summed E-state index contributed by atoms with van der Waals surface area (Å²) in [6.07, 6.45) is 1.63. The van der Waals surface area contributed by atoms with Crippen molar-refractivity contribution in [2.45, 2.75) is 38.3 Å². The third kappa shape index (κ3) is 4.09. The van der Waals surface area contributed by atoms with Crippen LogP contribution in [0.3, 0.4) is 0 Å². The van der Waals surface area contributed by atoms with Gasteiger partial charge in [0.1, 0.15) is 0 Å². The van der Waals surface area contributed by atoms with Crippen LogP contribution in [0.4, 0.5) is 0 Å². The second-order valence-electron chi connectivity index (χ2n) is 7.02. The lowest BCUT2D eigenvalue weighted by atomic mass is 10.00. The number of aromatic nitrogens is 1. The quantitative estimate of drug-likeness (QED) is 0.628. The molecule has 1 fully saturated rings. The average Bonchev–Trinajstić information content (AvgIpc) is 3.23. The number of thiazole rings is 1. The Hall–Kier alpha value is -2.30. The number of hydrogen-bond acceptors (Lipinski definition) is 4. The topological polar surface area (TPSA) is 42.0 Å². The number of hydrogen-bond donors (Lipinski definition) is 1. The van der Waals surface area contributed by atoms with E-state index in [0.717, 1.165) is 28.9 Å². The second kappa shape index (κ2) is 7.52. The summed E-state index contributed by atoms with van der Waals surface area (Å²) in [4.78, 5) is 16.7. The summed E-state index contributed by atoms with van der Waals surface area (Å²) in [7, 11) is 0. The van der Waals surface area contributed by atoms with Crippen LogP contribution in [0.15, 0.2) is 59.4 Å². The first-order valence-electron chi connectivity index (χ1n) is 8.98. The van der Waals surface area contributed by atoms with Crippen LogP contribution in [0.5, 0.6) is 0 Å². The number of benzene rings is 2. The van der Waals surface area contributed by atoms with Gasteiger partial charge in [0.05, 0.1) is 11.2 Å². The van der Waals surface area contributed by atoms with Gasteiger partial charge in [-0.1, -0.05) is 48.0 Å². The Morgan fingerprint density at radius 3 is 2.81 bits per heavy atom. The Morgan fingerprint density at radius 1 is 1.23 bits per heavy atom. The number of carbonyl (C=O) groups is 1. The summed E-state index contributed by atoms with van der Waals surface area (Å²) in [5.74, 6) is 0.755. The van der Waals surface area contributed by atoms with Gasteiger partial charge in [0.2, 0.25) is 0 Å². The third-order valence-corrected chi connectivity index (χ3v) is 5.57. The maximum atomic E-state index is 12.4. The molecule has 1 N–H and O–H groups in total. The predicted octanol–water partition coefficient (Wildman–Crippen LogP) is 4.52. The van der Waals surface area contributed by atoms with Crippen molar-refractivity contribution in [2.75, 3.05) is 0 Å². The van der Waals surface area contributed by atoms with Crippen molar-refractivity contribution in [1.29, 1.82) is 0 Å². The van der Waals surface area contributed by atoms with E-state index in [1.54, 1.807) is 11.3 Å². The van der Waals surface area contributed by atoms with Gasteiger partial charge in [-0.15, -0.1) is 11.3 Å². The van der Waals surface area contributed by atoms with Gasteiger partial charge in [0.25, 0.3) is 0 Å². The molecule has 26 heavy (non-hydrogen) atoms. The largest absolute Gasteiger partial charge is 0.308 e. The molecule has 132 valence electrons. The van der Waals surface area contributed by atoms with Gasteiger partial charge in [0.15, 0.2) is 5.78 Å². The molecule has 0 saturated heterocycles. The number of Topliss-reactive ketones (excluding diaryl/α,β-unsaturated/α-hetero) is 1. The van der Waals surface area contributed by atoms with Gasteiger partial charge in [-0.3, -0.25) is 4.79 Å². The van der Waals surface area contributed by atoms with Crippen LogP contribution in [0, 0.1) is 6.92 Å². The van der Waals surface area contributed by atoms with Gasteiger partial charge in [0, 0.05) is 35.9 Å². The van der Waals surface area contributed by atoms with Gasteiger partial charge < -0.3 is 5.32 Å². The van der Waals surface area contributed by atoms with Crippen LogP contribution in [-0.2, 0) is 13.0 Å². The first-order valence-corrected chi connectivity index (χ1v) is 9.92. The lowest BCUT2D eigenvalue weighted by Crippen LogP contribution is -2.17. The summed E-state index contributed by atoms with van der Waals surface area (Å²) < 4.78 is 0. The van der Waals surface area contributed by atoms with Crippen molar-refractivity contribution in [3.63, 3.8) is 0 Å². The van der Waals surface area contributed by atoms with E-state index >= 15 is 0 Å². The fraction of sp³-hybridized carbons (Fsp3) is 0.273. The lowest BCUT2D eigenvalue weighted by Gasteiger charge is -2.06. The zero-order valence-electron chi connectivity index (χ0n) is 14.8. The molecular weight excluding hydrogens is 340 g/mol. The van der Waals surface area contributed by atoms with Crippen molar-refractivity contribution in [3.8, 4) is 0 Å². The molecule has 0 amide bonds. The summed E-state index contributed by atoms with van der Waals surface area (Å²) in [5, 5.41) is 5.66. The number of aryl methyl sites for hydroxylation is 1. The van der Waals surface area contributed by atoms with E-state index in [9.17, 15) is 4.79 Å². The van der Waals surface area contributed by atoms with E-state index in [0.29, 0.717) is 18.4 Å². The minimum Gasteiger partial charge on any atom is -0.308 e. The highest BCUT2D eigenvalue weighted by Gasteiger charge is 2.37. The lowest BCUT2D eigenvalue weighted by molar-refractivity contribution is 0.0993. The van der Waals surface area contributed by atoms with E-state index < -0.39 is 0 Å². The molecule has 2 aromatic carbocycles. The predicted molar refractivity (Wildman–Crippen MR) is 106 cm³/mol. The highest BCUT2D eigenvalue weighted by Crippen LogP contribution is 2.41. The summed E-state index contributed by atoms with van der Waals surface area (Å²) in [5.41, 5.74) is 7.34.